The number of carbonyl (C=O) groups is 2. The number of nitrogens with zero attached hydrogens (tertiary/aromatic N) is 1. The molecule has 1 aromatic rings. The van der Waals surface area contributed by atoms with Crippen molar-refractivity contribution >= 4 is 29.2 Å². The number of carbonyl (C=O) groups excluding carboxylic acids is 2. The van der Waals surface area contributed by atoms with Gasteiger partial charge in [0, 0.05) is 5.56 Å². The molecule has 0 bridgehead atoms. The van der Waals surface area contributed by atoms with Crippen LogP contribution in [0.4, 0.5) is 0 Å². The minimum atomic E-state index is -0.770. The minimum Gasteiger partial charge on any atom is -0.462 e. The van der Waals surface area contributed by atoms with Gasteiger partial charge in [-0.1, -0.05) is 23.7 Å². The number of nitrogens with one attached hydrogen (secondary N) is 1. The number of rotatable bonds is 2. The summed E-state index contributed by atoms with van der Waals surface area (Å²) in [6.45, 7) is 1.78. The molecular weight excluding hydrogens is 268 g/mol. The summed E-state index contributed by atoms with van der Waals surface area (Å²) in [5, 5.41) is 11.8. The van der Waals surface area contributed by atoms with Crippen LogP contribution >= 0.6 is 11.6 Å². The van der Waals surface area contributed by atoms with Crippen molar-refractivity contribution in [3.05, 3.63) is 39.9 Å². The maximum Gasteiger partial charge on any atom is 0.351 e. The van der Waals surface area contributed by atoms with E-state index in [0.717, 1.165) is 0 Å². The fourth-order valence-electron chi connectivity index (χ4n) is 1.81. The van der Waals surface area contributed by atoms with E-state index >= 15 is 0 Å². The van der Waals surface area contributed by atoms with E-state index in [-0.39, 0.29) is 28.5 Å². The SMILES string of the molecule is CCOC(=O)/C(C#N)=C1\NC(=O)c2c(Cl)cccc21. The number of benzene rings is 1. The molecule has 0 saturated carbocycles. The van der Waals surface area contributed by atoms with Crippen LogP contribution in [0.5, 0.6) is 0 Å². The standard InChI is InChI=1S/C13H9ClN2O3/c1-2-19-13(18)8(6-15)11-7-4-3-5-9(14)10(7)12(17)16-11/h3-5H,2H2,1H3,(H,16,17)/b11-8-. The molecular formula is C13H9ClN2O3. The van der Waals surface area contributed by atoms with Crippen molar-refractivity contribution in [1.29, 1.82) is 5.26 Å². The number of hydrogen-bond acceptors (Lipinski definition) is 4. The number of esters is 1. The molecule has 0 fully saturated rings. The Morgan fingerprint density at radius 3 is 2.89 bits per heavy atom. The third-order valence-corrected chi connectivity index (χ3v) is 2.90. The summed E-state index contributed by atoms with van der Waals surface area (Å²) in [6, 6.07) is 6.58. The fourth-order valence-corrected chi connectivity index (χ4v) is 2.07. The van der Waals surface area contributed by atoms with Gasteiger partial charge < -0.3 is 10.1 Å². The molecule has 5 nitrogen and oxygen atoms in total. The normalized spacial score (nSPS) is 15.3. The molecule has 19 heavy (non-hydrogen) atoms. The molecule has 1 N–H and O–H groups in total. The maximum absolute atomic E-state index is 11.8. The van der Waals surface area contributed by atoms with E-state index in [1.807, 2.05) is 0 Å². The quantitative estimate of drug-likeness (QED) is 0.508. The first-order valence-corrected chi connectivity index (χ1v) is 5.89. The Balaban J connectivity index is 2.61. The van der Waals surface area contributed by atoms with E-state index in [2.05, 4.69) is 5.32 Å². The van der Waals surface area contributed by atoms with Crippen molar-refractivity contribution < 1.29 is 14.3 Å². The van der Waals surface area contributed by atoms with Crippen LogP contribution in [0, 0.1) is 11.3 Å². The lowest BCUT2D eigenvalue weighted by Crippen LogP contribution is -2.17. The van der Waals surface area contributed by atoms with Crippen LogP contribution in [-0.4, -0.2) is 18.5 Å². The highest BCUT2D eigenvalue weighted by molar-refractivity contribution is 6.35. The molecule has 6 heteroatoms. The topological polar surface area (TPSA) is 79.2 Å². The molecule has 0 spiro atoms. The van der Waals surface area contributed by atoms with Crippen LogP contribution in [0.15, 0.2) is 23.8 Å². The summed E-state index contributed by atoms with van der Waals surface area (Å²) < 4.78 is 4.78. The average Bonchev–Trinajstić information content (AvgIpc) is 2.70. The summed E-state index contributed by atoms with van der Waals surface area (Å²) in [5.41, 5.74) is 0.595. The first-order chi connectivity index (χ1) is 9.10. The van der Waals surface area contributed by atoms with E-state index in [1.165, 1.54) is 0 Å². The van der Waals surface area contributed by atoms with Gasteiger partial charge in [0.05, 0.1) is 22.9 Å². The van der Waals surface area contributed by atoms with Crippen LogP contribution in [-0.2, 0) is 9.53 Å². The second-order valence-electron chi connectivity index (χ2n) is 3.70. The molecule has 0 radical (unpaired) electrons. The second kappa shape index (κ2) is 5.12. The van der Waals surface area contributed by atoms with Crippen LogP contribution in [0.2, 0.25) is 5.02 Å². The molecule has 0 aromatic heterocycles. The zero-order valence-electron chi connectivity index (χ0n) is 9.99. The number of fused-ring (bicyclic) bond motifs is 1. The number of amides is 1. The number of hydrogen-bond donors (Lipinski definition) is 1. The summed E-state index contributed by atoms with van der Waals surface area (Å²) in [7, 11) is 0. The van der Waals surface area contributed by atoms with Crippen LogP contribution in [0.25, 0.3) is 5.70 Å². The van der Waals surface area contributed by atoms with E-state index in [9.17, 15) is 9.59 Å². The Morgan fingerprint density at radius 2 is 2.26 bits per heavy atom. The largest absolute Gasteiger partial charge is 0.462 e. The molecule has 1 aliphatic rings. The molecule has 2 rings (SSSR count). The lowest BCUT2D eigenvalue weighted by Gasteiger charge is -2.04. The molecule has 0 saturated heterocycles. The van der Waals surface area contributed by atoms with Crippen molar-refractivity contribution in [2.75, 3.05) is 6.61 Å². The zero-order chi connectivity index (χ0) is 14.0. The third-order valence-electron chi connectivity index (χ3n) is 2.59. The first-order valence-electron chi connectivity index (χ1n) is 5.51. The van der Waals surface area contributed by atoms with Crippen LogP contribution in [0.3, 0.4) is 0 Å². The van der Waals surface area contributed by atoms with Gasteiger partial charge in [-0.25, -0.2) is 4.79 Å². The Morgan fingerprint density at radius 1 is 1.53 bits per heavy atom. The van der Waals surface area contributed by atoms with Crippen molar-refractivity contribution in [2.24, 2.45) is 0 Å². The van der Waals surface area contributed by atoms with E-state index < -0.39 is 11.9 Å². The maximum atomic E-state index is 11.8. The average molecular weight is 277 g/mol. The van der Waals surface area contributed by atoms with E-state index in [0.29, 0.717) is 5.56 Å². The Labute approximate surface area is 114 Å². The van der Waals surface area contributed by atoms with E-state index in [4.69, 9.17) is 21.6 Å². The van der Waals surface area contributed by atoms with Crippen molar-refractivity contribution in [1.82, 2.24) is 5.32 Å². The number of nitriles is 1. The van der Waals surface area contributed by atoms with Crippen molar-refractivity contribution in [3.63, 3.8) is 0 Å². The van der Waals surface area contributed by atoms with Crippen LogP contribution < -0.4 is 5.32 Å². The number of ether oxygens (including phenoxy) is 1. The van der Waals surface area contributed by atoms with Gasteiger partial charge in [-0.05, 0) is 13.0 Å². The molecule has 1 aromatic carbocycles. The van der Waals surface area contributed by atoms with Gasteiger partial charge in [-0.2, -0.15) is 5.26 Å². The van der Waals surface area contributed by atoms with E-state index in [1.54, 1.807) is 31.2 Å². The first kappa shape index (κ1) is 13.1. The molecule has 1 heterocycles. The van der Waals surface area contributed by atoms with Gasteiger partial charge in [0.15, 0.2) is 5.57 Å². The summed E-state index contributed by atoms with van der Waals surface area (Å²) in [5.74, 6) is -1.21. The third kappa shape index (κ3) is 2.18. The summed E-state index contributed by atoms with van der Waals surface area (Å²) in [6.07, 6.45) is 0. The summed E-state index contributed by atoms with van der Waals surface area (Å²) >= 11 is 5.94. The van der Waals surface area contributed by atoms with Gasteiger partial charge >= 0.3 is 5.97 Å². The molecule has 1 aliphatic heterocycles. The molecule has 0 atom stereocenters. The monoisotopic (exact) mass is 276 g/mol. The van der Waals surface area contributed by atoms with Crippen molar-refractivity contribution in [3.8, 4) is 6.07 Å². The van der Waals surface area contributed by atoms with Gasteiger partial charge in [-0.15, -0.1) is 0 Å². The highest BCUT2D eigenvalue weighted by Gasteiger charge is 2.31. The van der Waals surface area contributed by atoms with Crippen LogP contribution in [0.1, 0.15) is 22.8 Å². The van der Waals surface area contributed by atoms with Gasteiger partial charge in [0.25, 0.3) is 5.91 Å². The minimum absolute atomic E-state index is 0.142. The fraction of sp³-hybridized carbons (Fsp3) is 0.154. The van der Waals surface area contributed by atoms with Crippen molar-refractivity contribution in [2.45, 2.75) is 6.92 Å². The Hall–Kier alpha value is -2.32. The smallest absolute Gasteiger partial charge is 0.351 e. The van der Waals surface area contributed by atoms with Gasteiger partial charge in [-0.3, -0.25) is 4.79 Å². The van der Waals surface area contributed by atoms with Gasteiger partial charge in [0.2, 0.25) is 0 Å². The second-order valence-corrected chi connectivity index (χ2v) is 4.11. The Kier molecular flexibility index (Phi) is 3.54. The molecule has 96 valence electrons. The highest BCUT2D eigenvalue weighted by Crippen LogP contribution is 2.31. The lowest BCUT2D eigenvalue weighted by molar-refractivity contribution is -0.137. The highest BCUT2D eigenvalue weighted by atomic mass is 35.5. The zero-order valence-corrected chi connectivity index (χ0v) is 10.7. The molecule has 1 amide bonds. The lowest BCUT2D eigenvalue weighted by atomic mass is 10.1. The Bertz CT molecular complexity index is 644. The summed E-state index contributed by atoms with van der Waals surface area (Å²) in [4.78, 5) is 23.5. The molecule has 0 aliphatic carbocycles. The predicted molar refractivity (Wildman–Crippen MR) is 68.1 cm³/mol. The van der Waals surface area contributed by atoms with Gasteiger partial charge in [0.1, 0.15) is 6.07 Å². The number of halogens is 1. The molecule has 0 unspecified atom stereocenters. The predicted octanol–water partition coefficient (Wildman–Crippen LogP) is 1.88.